The van der Waals surface area contributed by atoms with Gasteiger partial charge in [0, 0.05) is 13.1 Å². The van der Waals surface area contributed by atoms with Crippen molar-refractivity contribution in [3.8, 4) is 11.5 Å². The van der Waals surface area contributed by atoms with Crippen LogP contribution in [0.2, 0.25) is 0 Å². The van der Waals surface area contributed by atoms with Crippen molar-refractivity contribution in [3.05, 3.63) is 23.8 Å². The van der Waals surface area contributed by atoms with Crippen molar-refractivity contribution in [1.29, 1.82) is 0 Å². The number of benzene rings is 1. The third kappa shape index (κ3) is 2.73. The van der Waals surface area contributed by atoms with Crippen molar-refractivity contribution in [2.45, 2.75) is 13.5 Å². The molecule has 0 saturated heterocycles. The number of likely N-dealkylation sites (N-methyl/N-ethyl adjacent to an activating group) is 2. The molecule has 0 spiro atoms. The Labute approximate surface area is 107 Å². The van der Waals surface area contributed by atoms with Crippen LogP contribution >= 0.6 is 0 Å². The number of carbonyl (C=O) groups excluding carboxylic acids is 1. The molecule has 2 rings (SSSR count). The first-order valence-electron chi connectivity index (χ1n) is 6.05. The second-order valence-corrected chi connectivity index (χ2v) is 4.13. The number of ether oxygens (including phenoxy) is 2. The van der Waals surface area contributed by atoms with Crippen LogP contribution in [-0.4, -0.2) is 37.7 Å². The molecule has 0 fully saturated rings. The number of amides is 1. The number of hydrogen-bond donors (Lipinski definition) is 1. The van der Waals surface area contributed by atoms with Crippen LogP contribution in [-0.2, 0) is 11.3 Å². The van der Waals surface area contributed by atoms with Crippen LogP contribution < -0.4 is 14.8 Å². The van der Waals surface area contributed by atoms with Crippen LogP contribution in [0.5, 0.6) is 11.5 Å². The van der Waals surface area contributed by atoms with Crippen molar-refractivity contribution in [1.82, 2.24) is 10.2 Å². The molecule has 5 heteroatoms. The highest BCUT2D eigenvalue weighted by molar-refractivity contribution is 5.78. The summed E-state index contributed by atoms with van der Waals surface area (Å²) in [6.45, 7) is 3.89. The van der Waals surface area contributed by atoms with Crippen molar-refractivity contribution < 1.29 is 14.3 Å². The zero-order valence-electron chi connectivity index (χ0n) is 10.7. The molecule has 1 heterocycles. The van der Waals surface area contributed by atoms with Gasteiger partial charge in [-0.15, -0.1) is 0 Å². The van der Waals surface area contributed by atoms with Gasteiger partial charge in [0.15, 0.2) is 11.5 Å². The minimum Gasteiger partial charge on any atom is -0.454 e. The molecule has 0 aromatic heterocycles. The summed E-state index contributed by atoms with van der Waals surface area (Å²) in [5.74, 6) is 1.62. The van der Waals surface area contributed by atoms with E-state index in [2.05, 4.69) is 5.32 Å². The van der Waals surface area contributed by atoms with E-state index < -0.39 is 0 Å². The van der Waals surface area contributed by atoms with Gasteiger partial charge in [-0.25, -0.2) is 0 Å². The van der Waals surface area contributed by atoms with Crippen molar-refractivity contribution in [3.63, 3.8) is 0 Å². The second kappa shape index (κ2) is 5.73. The van der Waals surface area contributed by atoms with E-state index in [1.165, 1.54) is 0 Å². The fraction of sp³-hybridized carbons (Fsp3) is 0.462. The Hall–Kier alpha value is -1.75. The average Bonchev–Trinajstić information content (AvgIpc) is 2.83. The van der Waals surface area contributed by atoms with Gasteiger partial charge >= 0.3 is 0 Å². The SMILES string of the molecule is CCN(Cc1ccc2c(c1)OCO2)C(=O)CNC. The van der Waals surface area contributed by atoms with Crippen LogP contribution in [0, 0.1) is 0 Å². The fourth-order valence-electron chi connectivity index (χ4n) is 1.90. The number of carbonyl (C=O) groups is 1. The molecule has 98 valence electrons. The van der Waals surface area contributed by atoms with Gasteiger partial charge in [0.25, 0.3) is 0 Å². The molecule has 0 bridgehead atoms. The molecule has 0 unspecified atom stereocenters. The lowest BCUT2D eigenvalue weighted by Gasteiger charge is -2.21. The van der Waals surface area contributed by atoms with Crippen LogP contribution in [0.25, 0.3) is 0 Å². The van der Waals surface area contributed by atoms with E-state index in [0.29, 0.717) is 19.6 Å². The fourth-order valence-corrected chi connectivity index (χ4v) is 1.90. The standard InChI is InChI=1S/C13H18N2O3/c1-3-15(13(16)7-14-2)8-10-4-5-11-12(6-10)18-9-17-11/h4-6,14H,3,7-9H2,1-2H3. The number of rotatable bonds is 5. The molecule has 1 aromatic carbocycles. The molecular weight excluding hydrogens is 232 g/mol. The van der Waals surface area contributed by atoms with Gasteiger partial charge in [-0.3, -0.25) is 4.79 Å². The maximum absolute atomic E-state index is 11.8. The molecule has 1 amide bonds. The molecule has 5 nitrogen and oxygen atoms in total. The molecule has 1 aromatic rings. The minimum absolute atomic E-state index is 0.0951. The molecule has 1 N–H and O–H groups in total. The number of nitrogens with one attached hydrogen (secondary N) is 1. The lowest BCUT2D eigenvalue weighted by molar-refractivity contribution is -0.130. The number of fused-ring (bicyclic) bond motifs is 1. The van der Waals surface area contributed by atoms with E-state index in [4.69, 9.17) is 9.47 Å². The van der Waals surface area contributed by atoms with E-state index in [-0.39, 0.29) is 12.7 Å². The highest BCUT2D eigenvalue weighted by atomic mass is 16.7. The third-order valence-corrected chi connectivity index (χ3v) is 2.87. The summed E-state index contributed by atoms with van der Waals surface area (Å²) in [6.07, 6.45) is 0. The summed E-state index contributed by atoms with van der Waals surface area (Å²) in [5.41, 5.74) is 1.05. The number of hydrogen-bond acceptors (Lipinski definition) is 4. The Morgan fingerprint density at radius 3 is 2.89 bits per heavy atom. The smallest absolute Gasteiger partial charge is 0.236 e. The predicted octanol–water partition coefficient (Wildman–Crippen LogP) is 0.983. The largest absolute Gasteiger partial charge is 0.454 e. The zero-order valence-corrected chi connectivity index (χ0v) is 10.7. The van der Waals surface area contributed by atoms with Gasteiger partial charge < -0.3 is 19.7 Å². The van der Waals surface area contributed by atoms with Crippen molar-refractivity contribution >= 4 is 5.91 Å². The van der Waals surface area contributed by atoms with Crippen LogP contribution in [0.4, 0.5) is 0 Å². The monoisotopic (exact) mass is 250 g/mol. The Kier molecular flexibility index (Phi) is 4.04. The highest BCUT2D eigenvalue weighted by Crippen LogP contribution is 2.32. The minimum atomic E-state index is 0.0951. The molecule has 1 aliphatic rings. The van der Waals surface area contributed by atoms with Gasteiger partial charge in [-0.2, -0.15) is 0 Å². The maximum Gasteiger partial charge on any atom is 0.236 e. The summed E-state index contributed by atoms with van der Waals surface area (Å²) in [7, 11) is 1.77. The lowest BCUT2D eigenvalue weighted by Crippen LogP contribution is -2.36. The summed E-state index contributed by atoms with van der Waals surface area (Å²) < 4.78 is 10.6. The first kappa shape index (κ1) is 12.7. The van der Waals surface area contributed by atoms with E-state index >= 15 is 0 Å². The summed E-state index contributed by atoms with van der Waals surface area (Å²) in [5, 5.41) is 2.87. The van der Waals surface area contributed by atoms with Gasteiger partial charge in [0.1, 0.15) is 0 Å². The first-order chi connectivity index (χ1) is 8.74. The van der Waals surface area contributed by atoms with Crippen LogP contribution in [0.1, 0.15) is 12.5 Å². The molecular formula is C13H18N2O3. The molecule has 0 radical (unpaired) electrons. The normalized spacial score (nSPS) is 12.6. The van der Waals surface area contributed by atoms with Gasteiger partial charge in [0.2, 0.25) is 12.7 Å². The number of nitrogens with zero attached hydrogens (tertiary/aromatic N) is 1. The van der Waals surface area contributed by atoms with Crippen molar-refractivity contribution in [2.75, 3.05) is 26.9 Å². The molecule has 18 heavy (non-hydrogen) atoms. The van der Waals surface area contributed by atoms with E-state index in [1.54, 1.807) is 11.9 Å². The Balaban J connectivity index is 2.05. The quantitative estimate of drug-likeness (QED) is 0.846. The molecule has 1 aliphatic heterocycles. The Morgan fingerprint density at radius 1 is 1.39 bits per heavy atom. The van der Waals surface area contributed by atoms with E-state index in [1.807, 2.05) is 25.1 Å². The summed E-state index contributed by atoms with van der Waals surface area (Å²) in [6, 6.07) is 5.77. The topological polar surface area (TPSA) is 50.8 Å². The predicted molar refractivity (Wildman–Crippen MR) is 67.6 cm³/mol. The van der Waals surface area contributed by atoms with Crippen LogP contribution in [0.3, 0.4) is 0 Å². The zero-order chi connectivity index (χ0) is 13.0. The first-order valence-corrected chi connectivity index (χ1v) is 6.05. The Bertz CT molecular complexity index is 434. The van der Waals surface area contributed by atoms with Gasteiger partial charge in [-0.1, -0.05) is 6.07 Å². The average molecular weight is 250 g/mol. The third-order valence-electron chi connectivity index (χ3n) is 2.87. The highest BCUT2D eigenvalue weighted by Gasteiger charge is 2.16. The molecule has 0 saturated carbocycles. The Morgan fingerprint density at radius 2 is 2.17 bits per heavy atom. The van der Waals surface area contributed by atoms with E-state index in [9.17, 15) is 4.79 Å². The van der Waals surface area contributed by atoms with Gasteiger partial charge in [-0.05, 0) is 31.7 Å². The summed E-state index contributed by atoms with van der Waals surface area (Å²) in [4.78, 5) is 13.6. The summed E-state index contributed by atoms with van der Waals surface area (Å²) >= 11 is 0. The van der Waals surface area contributed by atoms with E-state index in [0.717, 1.165) is 17.1 Å². The van der Waals surface area contributed by atoms with Gasteiger partial charge in [0.05, 0.1) is 6.54 Å². The second-order valence-electron chi connectivity index (χ2n) is 4.13. The molecule has 0 atom stereocenters. The van der Waals surface area contributed by atoms with Crippen LogP contribution in [0.15, 0.2) is 18.2 Å². The maximum atomic E-state index is 11.8. The van der Waals surface area contributed by atoms with Crippen molar-refractivity contribution in [2.24, 2.45) is 0 Å². The lowest BCUT2D eigenvalue weighted by atomic mass is 10.2. The molecule has 0 aliphatic carbocycles.